The molecule has 1 atom stereocenters. The maximum atomic E-state index is 13.0. The molecular weight excluding hydrogens is 342 g/mol. The molecule has 0 saturated carbocycles. The van der Waals surface area contributed by atoms with Crippen molar-refractivity contribution in [2.45, 2.75) is 13.0 Å². The molecule has 104 valence electrons. The summed E-state index contributed by atoms with van der Waals surface area (Å²) in [5.41, 5.74) is 5.54. The highest BCUT2D eigenvalue weighted by Crippen LogP contribution is 2.31. The lowest BCUT2D eigenvalue weighted by atomic mass is 10.2. The van der Waals surface area contributed by atoms with E-state index >= 15 is 0 Å². The van der Waals surface area contributed by atoms with Crippen molar-refractivity contribution in [3.05, 3.63) is 27.4 Å². The van der Waals surface area contributed by atoms with Crippen molar-refractivity contribution in [2.24, 2.45) is 5.73 Å². The molecule has 1 unspecified atom stereocenters. The van der Waals surface area contributed by atoms with Gasteiger partial charge in [-0.2, -0.15) is 0 Å². The van der Waals surface area contributed by atoms with Gasteiger partial charge in [0.05, 0.1) is 17.3 Å². The first-order chi connectivity index (χ1) is 8.86. The summed E-state index contributed by atoms with van der Waals surface area (Å²) in [4.78, 5) is 23.0. The van der Waals surface area contributed by atoms with Gasteiger partial charge in [0.15, 0.2) is 6.04 Å². The fraction of sp³-hybridized carbons (Fsp3) is 0.273. The fourth-order valence-electron chi connectivity index (χ4n) is 1.20. The van der Waals surface area contributed by atoms with Crippen molar-refractivity contribution in [2.75, 3.05) is 11.9 Å². The molecule has 1 aromatic rings. The molecule has 0 bridgehead atoms. The second-order valence-electron chi connectivity index (χ2n) is 3.46. The highest BCUT2D eigenvalue weighted by atomic mass is 79.9. The van der Waals surface area contributed by atoms with Crippen molar-refractivity contribution in [1.29, 1.82) is 0 Å². The first-order valence-electron chi connectivity index (χ1n) is 5.24. The fourth-order valence-corrected chi connectivity index (χ4v) is 2.10. The van der Waals surface area contributed by atoms with Gasteiger partial charge in [-0.25, -0.2) is 9.18 Å². The molecule has 3 N–H and O–H groups in total. The van der Waals surface area contributed by atoms with E-state index in [0.717, 1.165) is 12.1 Å². The summed E-state index contributed by atoms with van der Waals surface area (Å²) in [7, 11) is 0. The van der Waals surface area contributed by atoms with Gasteiger partial charge in [0.25, 0.3) is 5.91 Å². The van der Waals surface area contributed by atoms with Crippen LogP contribution in [0.4, 0.5) is 10.1 Å². The molecule has 8 heteroatoms. The van der Waals surface area contributed by atoms with Crippen molar-refractivity contribution in [3.63, 3.8) is 0 Å². The zero-order valence-corrected chi connectivity index (χ0v) is 12.2. The van der Waals surface area contributed by atoms with Gasteiger partial charge in [-0.05, 0) is 35.0 Å². The Hall–Kier alpha value is -1.18. The number of esters is 1. The minimum atomic E-state index is -1.48. The van der Waals surface area contributed by atoms with Crippen LogP contribution in [0.25, 0.3) is 0 Å². The number of nitrogens with one attached hydrogen (secondary N) is 1. The number of hydrogen-bond donors (Lipinski definition) is 2. The van der Waals surface area contributed by atoms with E-state index in [-0.39, 0.29) is 21.8 Å². The first-order valence-corrected chi connectivity index (χ1v) is 6.41. The predicted octanol–water partition coefficient (Wildman–Crippen LogP) is 2.07. The molecule has 1 aromatic carbocycles. The number of nitrogens with two attached hydrogens (primary N) is 1. The number of amides is 1. The third kappa shape index (κ3) is 4.15. The third-order valence-corrected chi connectivity index (χ3v) is 3.00. The lowest BCUT2D eigenvalue weighted by Crippen LogP contribution is -2.43. The summed E-state index contributed by atoms with van der Waals surface area (Å²) < 4.78 is 17.9. The van der Waals surface area contributed by atoms with Gasteiger partial charge >= 0.3 is 5.97 Å². The van der Waals surface area contributed by atoms with Crippen LogP contribution < -0.4 is 11.1 Å². The molecule has 0 aliphatic carbocycles. The number of hydrogen-bond acceptors (Lipinski definition) is 4. The van der Waals surface area contributed by atoms with Crippen molar-refractivity contribution < 1.29 is 18.7 Å². The number of halogens is 3. The molecule has 0 fully saturated rings. The first kappa shape index (κ1) is 15.9. The van der Waals surface area contributed by atoms with E-state index in [9.17, 15) is 14.0 Å². The Balaban J connectivity index is 2.86. The summed E-state index contributed by atoms with van der Waals surface area (Å²) in [5, 5.41) is 2.32. The maximum Gasteiger partial charge on any atom is 0.332 e. The molecular formula is C11H11BrClFN2O3. The van der Waals surface area contributed by atoms with E-state index in [1.807, 2.05) is 0 Å². The standard InChI is InChI=1S/C11H11BrClFN2O3/c1-2-19-11(18)8(15)10(17)16-9-6(12)3-5(14)4-7(9)13/h3-4,8H,2,15H2,1H3,(H,16,17). The molecule has 0 spiro atoms. The van der Waals surface area contributed by atoms with Crippen LogP contribution in [-0.2, 0) is 14.3 Å². The average molecular weight is 354 g/mol. The highest BCUT2D eigenvalue weighted by molar-refractivity contribution is 9.10. The Labute approximate surface area is 122 Å². The summed E-state index contributed by atoms with van der Waals surface area (Å²) in [6, 6.07) is 0.669. The van der Waals surface area contributed by atoms with E-state index in [1.165, 1.54) is 0 Å². The second-order valence-corrected chi connectivity index (χ2v) is 4.72. The van der Waals surface area contributed by atoms with E-state index < -0.39 is 23.7 Å². The minimum absolute atomic E-state index is 0.0173. The normalized spacial score (nSPS) is 11.8. The van der Waals surface area contributed by atoms with Crippen LogP contribution in [0.2, 0.25) is 5.02 Å². The van der Waals surface area contributed by atoms with E-state index in [1.54, 1.807) is 6.92 Å². The molecule has 0 aromatic heterocycles. The average Bonchev–Trinajstić information content (AvgIpc) is 2.32. The number of rotatable bonds is 4. The van der Waals surface area contributed by atoms with Gasteiger partial charge in [0.1, 0.15) is 5.82 Å². The number of carbonyl (C=O) groups excluding carboxylic acids is 2. The number of benzene rings is 1. The van der Waals surface area contributed by atoms with Gasteiger partial charge in [0, 0.05) is 4.47 Å². The molecule has 5 nitrogen and oxygen atoms in total. The molecule has 1 rings (SSSR count). The molecule has 0 aliphatic heterocycles. The van der Waals surface area contributed by atoms with Crippen LogP contribution in [-0.4, -0.2) is 24.5 Å². The Morgan fingerprint density at radius 3 is 2.74 bits per heavy atom. The maximum absolute atomic E-state index is 13.0. The van der Waals surface area contributed by atoms with Gasteiger partial charge in [-0.15, -0.1) is 0 Å². The molecule has 0 heterocycles. The largest absolute Gasteiger partial charge is 0.464 e. The Bertz CT molecular complexity index is 490. The van der Waals surface area contributed by atoms with E-state index in [2.05, 4.69) is 26.0 Å². The van der Waals surface area contributed by atoms with Crippen molar-refractivity contribution >= 4 is 45.1 Å². The van der Waals surface area contributed by atoms with E-state index in [0.29, 0.717) is 0 Å². The third-order valence-electron chi connectivity index (χ3n) is 2.08. The van der Waals surface area contributed by atoms with Crippen LogP contribution in [0.3, 0.4) is 0 Å². The topological polar surface area (TPSA) is 81.4 Å². The lowest BCUT2D eigenvalue weighted by Gasteiger charge is -2.13. The van der Waals surface area contributed by atoms with Crippen LogP contribution in [0, 0.1) is 5.82 Å². The minimum Gasteiger partial charge on any atom is -0.464 e. The zero-order chi connectivity index (χ0) is 14.6. The van der Waals surface area contributed by atoms with Crippen LogP contribution in [0.1, 0.15) is 6.92 Å². The SMILES string of the molecule is CCOC(=O)C(N)C(=O)Nc1c(Cl)cc(F)cc1Br. The van der Waals surface area contributed by atoms with E-state index in [4.69, 9.17) is 17.3 Å². The second kappa shape index (κ2) is 6.83. The summed E-state index contributed by atoms with van der Waals surface area (Å²) in [5.74, 6) is -2.22. The van der Waals surface area contributed by atoms with Gasteiger partial charge < -0.3 is 15.8 Å². The number of anilines is 1. The smallest absolute Gasteiger partial charge is 0.332 e. The quantitative estimate of drug-likeness (QED) is 0.641. The van der Waals surface area contributed by atoms with Gasteiger partial charge in [0.2, 0.25) is 0 Å². The van der Waals surface area contributed by atoms with Crippen molar-refractivity contribution in [3.8, 4) is 0 Å². The summed E-state index contributed by atoms with van der Waals surface area (Å²) >= 11 is 8.83. The molecule has 19 heavy (non-hydrogen) atoms. The Kier molecular flexibility index (Phi) is 5.71. The van der Waals surface area contributed by atoms with Crippen LogP contribution in [0.5, 0.6) is 0 Å². The van der Waals surface area contributed by atoms with Crippen LogP contribution in [0.15, 0.2) is 16.6 Å². The Morgan fingerprint density at radius 2 is 2.21 bits per heavy atom. The summed E-state index contributed by atoms with van der Waals surface area (Å²) in [6.07, 6.45) is 0. The van der Waals surface area contributed by atoms with Gasteiger partial charge in [-0.1, -0.05) is 11.6 Å². The highest BCUT2D eigenvalue weighted by Gasteiger charge is 2.24. The van der Waals surface area contributed by atoms with Crippen molar-refractivity contribution in [1.82, 2.24) is 0 Å². The van der Waals surface area contributed by atoms with Gasteiger partial charge in [-0.3, -0.25) is 4.79 Å². The van der Waals surface area contributed by atoms with Crippen LogP contribution >= 0.6 is 27.5 Å². The number of ether oxygens (including phenoxy) is 1. The number of carbonyl (C=O) groups is 2. The molecule has 0 radical (unpaired) electrons. The Morgan fingerprint density at radius 1 is 1.58 bits per heavy atom. The molecule has 0 aliphatic rings. The predicted molar refractivity (Wildman–Crippen MR) is 72.3 cm³/mol. The molecule has 0 saturated heterocycles. The lowest BCUT2D eigenvalue weighted by molar-refractivity contribution is -0.146. The monoisotopic (exact) mass is 352 g/mol. The molecule has 1 amide bonds. The zero-order valence-electron chi connectivity index (χ0n) is 9.88. The summed E-state index contributed by atoms with van der Waals surface area (Å²) in [6.45, 7) is 1.71.